The Morgan fingerprint density at radius 2 is 1.91 bits per heavy atom. The number of ketones is 1. The van der Waals surface area contributed by atoms with Gasteiger partial charge in [-0.2, -0.15) is 0 Å². The number of amides is 2. The van der Waals surface area contributed by atoms with E-state index in [1.807, 2.05) is 19.9 Å². The van der Waals surface area contributed by atoms with E-state index in [2.05, 4.69) is 28.1 Å². The van der Waals surface area contributed by atoms with Crippen molar-refractivity contribution in [2.45, 2.75) is 83.1 Å². The zero-order valence-electron chi connectivity index (χ0n) is 20.9. The lowest BCUT2D eigenvalue weighted by atomic mass is 9.95. The summed E-state index contributed by atoms with van der Waals surface area (Å²) in [4.78, 5) is 37.9. The summed E-state index contributed by atoms with van der Waals surface area (Å²) in [5, 5.41) is 8.85. The van der Waals surface area contributed by atoms with Gasteiger partial charge in [0, 0.05) is 20.3 Å². The third kappa shape index (κ3) is 10.4. The van der Waals surface area contributed by atoms with Crippen LogP contribution in [0, 0.1) is 5.92 Å². The molecule has 0 aromatic heterocycles. The van der Waals surface area contributed by atoms with Crippen LogP contribution in [0.2, 0.25) is 0 Å². The largest absolute Gasteiger partial charge is 0.447 e. The molecule has 0 heterocycles. The van der Waals surface area contributed by atoms with Gasteiger partial charge in [-0.15, -0.1) is 0 Å². The minimum absolute atomic E-state index is 0.0961. The van der Waals surface area contributed by atoms with E-state index >= 15 is 0 Å². The molecule has 1 saturated carbocycles. The van der Waals surface area contributed by atoms with Gasteiger partial charge in [-0.3, -0.25) is 14.9 Å². The molecule has 3 atom stereocenters. The Morgan fingerprint density at radius 3 is 2.50 bits per heavy atom. The fourth-order valence-electron chi connectivity index (χ4n) is 3.85. The SMILES string of the molecule is COCCOC(=O)N[C@@H](CC(C)C)C(N[C@@H](CCC1=CC=CCC1)C(=O)C(=O)NC1CC1)OC. The lowest BCUT2D eigenvalue weighted by molar-refractivity contribution is -0.140. The van der Waals surface area contributed by atoms with Crippen LogP contribution >= 0.6 is 0 Å². The normalized spacial score (nSPS) is 18.1. The van der Waals surface area contributed by atoms with Crippen LogP contribution in [-0.4, -0.2) is 69.6 Å². The zero-order valence-corrected chi connectivity index (χ0v) is 20.9. The smallest absolute Gasteiger partial charge is 0.407 e. The standard InChI is InChI=1S/C25H41N3O6/c1-17(2)16-21(28-25(31)34-15-14-32-3)24(33-4)27-20(13-10-18-8-6-5-7-9-18)22(29)23(30)26-19-11-12-19/h5-6,8,17,19-21,24,27H,7,9-16H2,1-4H3,(H,26,30)(H,28,31)/t20-,21-,24?/m0/s1. The van der Waals surface area contributed by atoms with E-state index in [0.29, 0.717) is 25.9 Å². The van der Waals surface area contributed by atoms with Crippen LogP contribution in [-0.2, 0) is 23.8 Å². The Kier molecular flexibility index (Phi) is 12.3. The van der Waals surface area contributed by atoms with Crippen LogP contribution in [0.3, 0.4) is 0 Å². The first-order valence-corrected chi connectivity index (χ1v) is 12.2. The molecular weight excluding hydrogens is 438 g/mol. The maximum atomic E-state index is 13.1. The molecule has 0 bridgehead atoms. The minimum Gasteiger partial charge on any atom is -0.447 e. The molecule has 0 spiro atoms. The number of nitrogens with one attached hydrogen (secondary N) is 3. The maximum absolute atomic E-state index is 13.1. The van der Waals surface area contributed by atoms with Crippen molar-refractivity contribution < 1.29 is 28.6 Å². The Hall–Kier alpha value is -2.23. The quantitative estimate of drug-likeness (QED) is 0.177. The molecule has 0 aliphatic heterocycles. The molecule has 1 fully saturated rings. The molecule has 9 heteroatoms. The maximum Gasteiger partial charge on any atom is 0.407 e. The van der Waals surface area contributed by atoms with Crippen molar-refractivity contribution in [3.8, 4) is 0 Å². The molecule has 34 heavy (non-hydrogen) atoms. The second kappa shape index (κ2) is 14.9. The number of carbonyl (C=O) groups is 3. The molecule has 0 aromatic carbocycles. The van der Waals surface area contributed by atoms with Gasteiger partial charge >= 0.3 is 6.09 Å². The molecule has 192 valence electrons. The first-order valence-electron chi connectivity index (χ1n) is 12.2. The number of allylic oxidation sites excluding steroid dienone is 4. The highest BCUT2D eigenvalue weighted by atomic mass is 16.6. The van der Waals surface area contributed by atoms with Gasteiger partial charge in [0.05, 0.1) is 18.7 Å². The highest BCUT2D eigenvalue weighted by Gasteiger charge is 2.34. The summed E-state index contributed by atoms with van der Waals surface area (Å²) >= 11 is 0. The molecule has 2 amide bonds. The summed E-state index contributed by atoms with van der Waals surface area (Å²) < 4.78 is 15.7. The van der Waals surface area contributed by atoms with Crippen LogP contribution in [0.5, 0.6) is 0 Å². The zero-order chi connectivity index (χ0) is 24.9. The van der Waals surface area contributed by atoms with Crippen molar-refractivity contribution in [1.29, 1.82) is 0 Å². The second-order valence-electron chi connectivity index (χ2n) is 9.33. The average Bonchev–Trinajstić information content (AvgIpc) is 3.63. The fourth-order valence-corrected chi connectivity index (χ4v) is 3.85. The number of carbonyl (C=O) groups excluding carboxylic acids is 3. The fraction of sp³-hybridized carbons (Fsp3) is 0.720. The van der Waals surface area contributed by atoms with Gasteiger partial charge in [-0.05, 0) is 50.9 Å². The van der Waals surface area contributed by atoms with E-state index in [0.717, 1.165) is 25.7 Å². The van der Waals surface area contributed by atoms with Crippen molar-refractivity contribution in [3.63, 3.8) is 0 Å². The summed E-state index contributed by atoms with van der Waals surface area (Å²) in [6.07, 6.45) is 10.4. The third-order valence-electron chi connectivity index (χ3n) is 5.84. The van der Waals surface area contributed by atoms with Crippen LogP contribution in [0.1, 0.15) is 58.8 Å². The van der Waals surface area contributed by atoms with E-state index < -0.39 is 36.1 Å². The summed E-state index contributed by atoms with van der Waals surface area (Å²) in [7, 11) is 3.05. The van der Waals surface area contributed by atoms with Gasteiger partial charge in [-0.25, -0.2) is 4.79 Å². The average molecular weight is 480 g/mol. The highest BCUT2D eigenvalue weighted by molar-refractivity contribution is 6.38. The van der Waals surface area contributed by atoms with Crippen LogP contribution in [0.4, 0.5) is 4.79 Å². The van der Waals surface area contributed by atoms with Crippen LogP contribution < -0.4 is 16.0 Å². The van der Waals surface area contributed by atoms with E-state index in [-0.39, 0.29) is 18.6 Å². The Bertz CT molecular complexity index is 732. The number of alkyl carbamates (subject to hydrolysis) is 1. The number of ether oxygens (including phenoxy) is 3. The topological polar surface area (TPSA) is 115 Å². The summed E-state index contributed by atoms with van der Waals surface area (Å²) in [5.74, 6) is -0.832. The van der Waals surface area contributed by atoms with Crippen molar-refractivity contribution in [2.24, 2.45) is 5.92 Å². The van der Waals surface area contributed by atoms with Gasteiger partial charge in [0.15, 0.2) is 0 Å². The van der Waals surface area contributed by atoms with Crippen LogP contribution in [0.15, 0.2) is 23.8 Å². The molecule has 1 unspecified atom stereocenters. The Balaban J connectivity index is 2.10. The van der Waals surface area contributed by atoms with Crippen molar-refractivity contribution in [3.05, 3.63) is 23.8 Å². The monoisotopic (exact) mass is 479 g/mol. The number of rotatable bonds is 16. The number of hydrogen-bond acceptors (Lipinski definition) is 7. The molecule has 3 N–H and O–H groups in total. The Morgan fingerprint density at radius 1 is 1.15 bits per heavy atom. The molecule has 0 aromatic rings. The van der Waals surface area contributed by atoms with E-state index in [4.69, 9.17) is 14.2 Å². The molecule has 0 radical (unpaired) electrons. The van der Waals surface area contributed by atoms with E-state index in [9.17, 15) is 14.4 Å². The highest BCUT2D eigenvalue weighted by Crippen LogP contribution is 2.21. The van der Waals surface area contributed by atoms with Gasteiger partial charge in [0.2, 0.25) is 5.78 Å². The van der Waals surface area contributed by atoms with Crippen molar-refractivity contribution >= 4 is 17.8 Å². The van der Waals surface area contributed by atoms with Crippen molar-refractivity contribution in [1.82, 2.24) is 16.0 Å². The van der Waals surface area contributed by atoms with Crippen molar-refractivity contribution in [2.75, 3.05) is 27.4 Å². The lowest BCUT2D eigenvalue weighted by Gasteiger charge is -2.31. The van der Waals surface area contributed by atoms with E-state index in [1.54, 1.807) is 0 Å². The first kappa shape index (κ1) is 28.0. The molecule has 2 aliphatic carbocycles. The lowest BCUT2D eigenvalue weighted by Crippen LogP contribution is -2.57. The number of methoxy groups -OCH3 is 2. The second-order valence-corrected chi connectivity index (χ2v) is 9.33. The van der Waals surface area contributed by atoms with Gasteiger partial charge in [-0.1, -0.05) is 37.6 Å². The van der Waals surface area contributed by atoms with Gasteiger partial charge in [0.25, 0.3) is 5.91 Å². The predicted octanol–water partition coefficient (Wildman–Crippen LogP) is 2.61. The molecule has 9 nitrogen and oxygen atoms in total. The third-order valence-corrected chi connectivity index (χ3v) is 5.84. The molecule has 0 saturated heterocycles. The summed E-state index contributed by atoms with van der Waals surface area (Å²) in [5.41, 5.74) is 1.25. The summed E-state index contributed by atoms with van der Waals surface area (Å²) in [6, 6.07) is -1.10. The molecule has 2 aliphatic rings. The molecule has 2 rings (SSSR count). The van der Waals surface area contributed by atoms with Gasteiger partial charge in [0.1, 0.15) is 12.8 Å². The molecular formula is C25H41N3O6. The number of hydrogen-bond donors (Lipinski definition) is 3. The van der Waals surface area contributed by atoms with Gasteiger partial charge < -0.3 is 24.8 Å². The predicted molar refractivity (Wildman–Crippen MR) is 129 cm³/mol. The Labute approximate surface area is 203 Å². The number of Topliss-reactive ketones (excluding diaryl/α,β-unsaturated/α-hetero) is 1. The van der Waals surface area contributed by atoms with E-state index in [1.165, 1.54) is 19.8 Å². The first-order chi connectivity index (χ1) is 16.3. The summed E-state index contributed by atoms with van der Waals surface area (Å²) in [6.45, 7) is 4.50. The van der Waals surface area contributed by atoms with Crippen LogP contribution in [0.25, 0.3) is 0 Å². The minimum atomic E-state index is -0.739.